The normalized spacial score (nSPS) is 10.0. The number of rotatable bonds is 4. The largest absolute Gasteiger partial charge is 0.484 e. The van der Waals surface area contributed by atoms with Crippen molar-refractivity contribution >= 4 is 16.7 Å². The Morgan fingerprint density at radius 2 is 1.69 bits per heavy atom. The number of likely N-dealkylation sites (N-methyl/N-ethyl adjacent to an activating group) is 1. The van der Waals surface area contributed by atoms with Crippen LogP contribution in [0.1, 0.15) is 13.8 Å². The van der Waals surface area contributed by atoms with Gasteiger partial charge in [-0.05, 0) is 30.3 Å². The van der Waals surface area contributed by atoms with Gasteiger partial charge < -0.3 is 10.1 Å². The van der Waals surface area contributed by atoms with E-state index in [1.54, 1.807) is 32.3 Å². The molecule has 0 bridgehead atoms. The van der Waals surface area contributed by atoms with Crippen LogP contribution < -0.4 is 15.6 Å². The molecule has 0 saturated carbocycles. The first kappa shape index (κ1) is 19.2. The number of hydrogen-bond acceptors (Lipinski definition) is 4. The molecule has 1 N–H and O–H groups in total. The van der Waals surface area contributed by atoms with Crippen LogP contribution in [0, 0.1) is 0 Å². The van der Waals surface area contributed by atoms with Crippen LogP contribution in [0.4, 0.5) is 0 Å². The maximum absolute atomic E-state index is 12.2. The first-order chi connectivity index (χ1) is 12.6. The van der Waals surface area contributed by atoms with Gasteiger partial charge in [0.05, 0.1) is 11.1 Å². The van der Waals surface area contributed by atoms with E-state index < -0.39 is 0 Å². The van der Waals surface area contributed by atoms with Crippen molar-refractivity contribution in [2.75, 3.05) is 13.7 Å². The SMILES string of the molecule is CC.CNC(=O)COc1ccc(-c2nn(C)c(=O)c3ccccc23)cc1. The van der Waals surface area contributed by atoms with Gasteiger partial charge in [-0.1, -0.05) is 32.0 Å². The summed E-state index contributed by atoms with van der Waals surface area (Å²) in [6.07, 6.45) is 0. The molecule has 0 aliphatic heterocycles. The highest BCUT2D eigenvalue weighted by Gasteiger charge is 2.10. The molecule has 6 nitrogen and oxygen atoms in total. The quantitative estimate of drug-likeness (QED) is 0.783. The predicted molar refractivity (Wildman–Crippen MR) is 103 cm³/mol. The van der Waals surface area contributed by atoms with Crippen molar-refractivity contribution in [1.29, 1.82) is 0 Å². The fourth-order valence-corrected chi connectivity index (χ4v) is 2.44. The molecule has 0 atom stereocenters. The Balaban J connectivity index is 0.00000117. The lowest BCUT2D eigenvalue weighted by Gasteiger charge is -2.09. The second-order valence-electron chi connectivity index (χ2n) is 5.31. The van der Waals surface area contributed by atoms with Crippen molar-refractivity contribution in [3.05, 3.63) is 58.9 Å². The van der Waals surface area contributed by atoms with Crippen LogP contribution in [0.15, 0.2) is 53.3 Å². The number of fused-ring (bicyclic) bond motifs is 1. The fourth-order valence-electron chi connectivity index (χ4n) is 2.44. The fraction of sp³-hybridized carbons (Fsp3) is 0.250. The summed E-state index contributed by atoms with van der Waals surface area (Å²) in [5.41, 5.74) is 1.47. The van der Waals surface area contributed by atoms with Gasteiger partial charge in [0, 0.05) is 25.0 Å². The van der Waals surface area contributed by atoms with Crippen molar-refractivity contribution in [3.8, 4) is 17.0 Å². The molecule has 1 aromatic heterocycles. The van der Waals surface area contributed by atoms with Crippen LogP contribution in [-0.2, 0) is 11.8 Å². The number of nitrogens with zero attached hydrogens (tertiary/aromatic N) is 2. The molecule has 1 heterocycles. The highest BCUT2D eigenvalue weighted by Crippen LogP contribution is 2.26. The van der Waals surface area contributed by atoms with Crippen molar-refractivity contribution in [3.63, 3.8) is 0 Å². The zero-order valence-electron chi connectivity index (χ0n) is 15.4. The number of amides is 1. The average Bonchev–Trinajstić information content (AvgIpc) is 2.71. The molecule has 3 rings (SSSR count). The third-order valence-electron chi connectivity index (χ3n) is 3.73. The molecule has 26 heavy (non-hydrogen) atoms. The number of hydrogen-bond donors (Lipinski definition) is 1. The summed E-state index contributed by atoms with van der Waals surface area (Å²) in [5, 5.41) is 8.32. The van der Waals surface area contributed by atoms with Gasteiger partial charge in [0.2, 0.25) is 0 Å². The standard InChI is InChI=1S/C18H17N3O3.C2H6/c1-19-16(22)11-24-13-9-7-12(8-10-13)17-14-5-3-4-6-15(14)18(23)21(2)20-17;1-2/h3-10H,11H2,1-2H3,(H,19,22);1-2H3. The summed E-state index contributed by atoms with van der Waals surface area (Å²) < 4.78 is 6.73. The van der Waals surface area contributed by atoms with Crippen LogP contribution in [0.3, 0.4) is 0 Å². The summed E-state index contributed by atoms with van der Waals surface area (Å²) in [4.78, 5) is 23.4. The third kappa shape index (κ3) is 4.08. The Bertz CT molecular complexity index is 947. The lowest BCUT2D eigenvalue weighted by Crippen LogP contribution is -2.24. The summed E-state index contributed by atoms with van der Waals surface area (Å²) in [6, 6.07) is 14.7. The summed E-state index contributed by atoms with van der Waals surface area (Å²) in [6.45, 7) is 3.97. The highest BCUT2D eigenvalue weighted by atomic mass is 16.5. The molecular weight excluding hydrogens is 330 g/mol. The van der Waals surface area contributed by atoms with E-state index in [0.717, 1.165) is 16.6 Å². The summed E-state index contributed by atoms with van der Waals surface area (Å²) in [5.74, 6) is 0.404. The molecule has 0 aliphatic carbocycles. The minimum atomic E-state index is -0.190. The minimum absolute atomic E-state index is 0.0309. The topological polar surface area (TPSA) is 73.2 Å². The zero-order chi connectivity index (χ0) is 19.1. The summed E-state index contributed by atoms with van der Waals surface area (Å²) >= 11 is 0. The Labute approximate surface area is 152 Å². The van der Waals surface area contributed by atoms with E-state index in [-0.39, 0.29) is 18.1 Å². The van der Waals surface area contributed by atoms with Crippen LogP contribution >= 0.6 is 0 Å². The second-order valence-corrected chi connectivity index (χ2v) is 5.31. The van der Waals surface area contributed by atoms with Gasteiger partial charge in [-0.3, -0.25) is 9.59 Å². The molecule has 6 heteroatoms. The highest BCUT2D eigenvalue weighted by molar-refractivity contribution is 5.93. The molecule has 1 amide bonds. The molecule has 0 radical (unpaired) electrons. The van der Waals surface area contributed by atoms with Gasteiger partial charge in [0.15, 0.2) is 6.61 Å². The van der Waals surface area contributed by atoms with E-state index in [2.05, 4.69) is 10.4 Å². The van der Waals surface area contributed by atoms with Crippen LogP contribution in [0.5, 0.6) is 5.75 Å². The molecule has 0 saturated heterocycles. The molecule has 0 spiro atoms. The lowest BCUT2D eigenvalue weighted by atomic mass is 10.1. The Morgan fingerprint density at radius 1 is 1.08 bits per heavy atom. The Hall–Kier alpha value is -3.15. The summed E-state index contributed by atoms with van der Waals surface area (Å²) in [7, 11) is 3.20. The van der Waals surface area contributed by atoms with Crippen molar-refractivity contribution in [2.45, 2.75) is 13.8 Å². The van der Waals surface area contributed by atoms with Crippen molar-refractivity contribution in [2.24, 2.45) is 7.05 Å². The molecule has 136 valence electrons. The van der Waals surface area contributed by atoms with Gasteiger partial charge in [-0.2, -0.15) is 5.10 Å². The number of carbonyl (C=O) groups excluding carboxylic acids is 1. The van der Waals surface area contributed by atoms with Gasteiger partial charge in [-0.25, -0.2) is 4.68 Å². The first-order valence-electron chi connectivity index (χ1n) is 8.50. The number of aromatic nitrogens is 2. The van der Waals surface area contributed by atoms with E-state index in [0.29, 0.717) is 11.1 Å². The van der Waals surface area contributed by atoms with E-state index in [1.165, 1.54) is 4.68 Å². The molecule has 0 fully saturated rings. The van der Waals surface area contributed by atoms with Crippen molar-refractivity contribution in [1.82, 2.24) is 15.1 Å². The van der Waals surface area contributed by atoms with Gasteiger partial charge in [-0.15, -0.1) is 0 Å². The third-order valence-corrected chi connectivity index (χ3v) is 3.73. The molecule has 3 aromatic rings. The van der Waals surface area contributed by atoms with Gasteiger partial charge in [0.1, 0.15) is 5.75 Å². The van der Waals surface area contributed by atoms with Gasteiger partial charge in [0.25, 0.3) is 11.5 Å². The van der Waals surface area contributed by atoms with E-state index >= 15 is 0 Å². The Kier molecular flexibility index (Phi) is 6.49. The Morgan fingerprint density at radius 3 is 2.31 bits per heavy atom. The van der Waals surface area contributed by atoms with Gasteiger partial charge >= 0.3 is 0 Å². The maximum atomic E-state index is 12.2. The predicted octanol–water partition coefficient (Wildman–Crippen LogP) is 2.75. The van der Waals surface area contributed by atoms with Crippen molar-refractivity contribution < 1.29 is 9.53 Å². The number of carbonyl (C=O) groups is 1. The number of benzene rings is 2. The van der Waals surface area contributed by atoms with Crippen LogP contribution in [-0.4, -0.2) is 29.3 Å². The smallest absolute Gasteiger partial charge is 0.274 e. The maximum Gasteiger partial charge on any atom is 0.274 e. The zero-order valence-corrected chi connectivity index (χ0v) is 15.4. The van der Waals surface area contributed by atoms with Crippen LogP contribution in [0.2, 0.25) is 0 Å². The second kappa shape index (κ2) is 8.80. The number of nitrogens with one attached hydrogen (secondary N) is 1. The molecule has 2 aromatic carbocycles. The molecular formula is C20H23N3O3. The minimum Gasteiger partial charge on any atom is -0.484 e. The number of aryl methyl sites for hydroxylation is 1. The van der Waals surface area contributed by atoms with E-state index in [4.69, 9.17) is 4.74 Å². The molecule has 0 unspecified atom stereocenters. The van der Waals surface area contributed by atoms with E-state index in [1.807, 2.05) is 44.2 Å². The first-order valence-corrected chi connectivity index (χ1v) is 8.50. The number of ether oxygens (including phenoxy) is 1. The van der Waals surface area contributed by atoms with E-state index in [9.17, 15) is 9.59 Å². The lowest BCUT2D eigenvalue weighted by molar-refractivity contribution is -0.122. The average molecular weight is 353 g/mol. The monoisotopic (exact) mass is 353 g/mol. The van der Waals surface area contributed by atoms with Crippen LogP contribution in [0.25, 0.3) is 22.0 Å². The molecule has 0 aliphatic rings.